The number of anilines is 2. The molecule has 0 aliphatic carbocycles. The molecule has 2 aromatic heterocycles. The molecule has 2 N–H and O–H groups in total. The van der Waals surface area contributed by atoms with Gasteiger partial charge in [0.25, 0.3) is 5.56 Å². The number of benzene rings is 1. The first-order valence-electron chi connectivity index (χ1n) is 13.1. The van der Waals surface area contributed by atoms with E-state index in [2.05, 4.69) is 20.7 Å². The zero-order valence-corrected chi connectivity index (χ0v) is 22.6. The molecule has 1 fully saturated rings. The van der Waals surface area contributed by atoms with Gasteiger partial charge in [-0.3, -0.25) is 9.59 Å². The smallest absolute Gasteiger partial charge is 0.377 e. The van der Waals surface area contributed by atoms with Crippen LogP contribution in [0.2, 0.25) is 5.02 Å². The van der Waals surface area contributed by atoms with Crippen LogP contribution >= 0.6 is 11.6 Å². The first-order chi connectivity index (χ1) is 19.2. The number of ether oxygens (including phenoxy) is 1. The van der Waals surface area contributed by atoms with Crippen LogP contribution in [0.1, 0.15) is 36.8 Å². The quantitative estimate of drug-likeness (QED) is 0.461. The van der Waals surface area contributed by atoms with Gasteiger partial charge in [0.1, 0.15) is 12.2 Å². The third-order valence-electron chi connectivity index (χ3n) is 6.94. The number of halogens is 4. The molecule has 0 bridgehead atoms. The summed E-state index contributed by atoms with van der Waals surface area (Å²) >= 11 is 6.07. The molecular formula is C26H29ClF3N7O3. The highest BCUT2D eigenvalue weighted by Gasteiger charge is 2.31. The zero-order chi connectivity index (χ0) is 28.4. The summed E-state index contributed by atoms with van der Waals surface area (Å²) in [4.78, 5) is 33.7. The SMILES string of the molecule is CCc1c(N2CCNCC2)c(=O)n2nc(C3=CCOCCC3)nc2n1CC(=O)Nc1ccc(C(F)(F)F)cc1Cl. The zero-order valence-electron chi connectivity index (χ0n) is 21.9. The van der Waals surface area contributed by atoms with E-state index in [-0.39, 0.29) is 28.6 Å². The lowest BCUT2D eigenvalue weighted by Crippen LogP contribution is -2.47. The predicted molar refractivity (Wildman–Crippen MR) is 145 cm³/mol. The molecule has 0 spiro atoms. The Morgan fingerprint density at radius 2 is 2.02 bits per heavy atom. The van der Waals surface area contributed by atoms with Crippen molar-refractivity contribution in [2.24, 2.45) is 0 Å². The normalized spacial score (nSPS) is 16.6. The number of hydrogen-bond donors (Lipinski definition) is 2. The second kappa shape index (κ2) is 11.6. The fourth-order valence-electron chi connectivity index (χ4n) is 4.99. The molecule has 214 valence electrons. The summed E-state index contributed by atoms with van der Waals surface area (Å²) < 4.78 is 47.6. The van der Waals surface area contributed by atoms with Crippen molar-refractivity contribution in [3.63, 3.8) is 0 Å². The summed E-state index contributed by atoms with van der Waals surface area (Å²) in [6.07, 6.45) is -0.766. The molecule has 0 saturated carbocycles. The van der Waals surface area contributed by atoms with Crippen LogP contribution in [0.25, 0.3) is 11.4 Å². The molecule has 10 nitrogen and oxygen atoms in total. The van der Waals surface area contributed by atoms with Gasteiger partial charge in [-0.1, -0.05) is 24.6 Å². The van der Waals surface area contributed by atoms with E-state index in [0.717, 1.165) is 30.2 Å². The van der Waals surface area contributed by atoms with Crippen molar-refractivity contribution in [2.75, 3.05) is 49.6 Å². The Morgan fingerprint density at radius 3 is 2.73 bits per heavy atom. The van der Waals surface area contributed by atoms with E-state index in [0.29, 0.717) is 69.4 Å². The Morgan fingerprint density at radius 1 is 1.25 bits per heavy atom. The summed E-state index contributed by atoms with van der Waals surface area (Å²) in [5.41, 5.74) is 0.732. The number of carbonyl (C=O) groups excluding carboxylic acids is 1. The fourth-order valence-corrected chi connectivity index (χ4v) is 5.22. The van der Waals surface area contributed by atoms with E-state index < -0.39 is 17.6 Å². The number of allylic oxidation sites excluding steroid dienone is 1. The molecule has 40 heavy (non-hydrogen) atoms. The first-order valence-corrected chi connectivity index (χ1v) is 13.5. The molecule has 0 atom stereocenters. The molecule has 4 heterocycles. The van der Waals surface area contributed by atoms with Crippen molar-refractivity contribution in [1.82, 2.24) is 24.5 Å². The fraction of sp³-hybridized carbons (Fsp3) is 0.462. The van der Waals surface area contributed by atoms with Crippen LogP contribution in [0.4, 0.5) is 24.5 Å². The lowest BCUT2D eigenvalue weighted by molar-refractivity contribution is -0.137. The number of alkyl halides is 3. The standard InChI is InChI=1S/C26H29ClF3N7O3/c1-2-20-22(35-10-8-31-9-11-35)24(39)37-25(33-23(34-37)16-4-3-12-40-13-7-16)36(20)15-21(38)32-19-6-5-17(14-18(19)27)26(28,29)30/h5-7,14,31H,2-4,8-13,15H2,1H3,(H,32,38). The molecule has 14 heteroatoms. The molecule has 1 saturated heterocycles. The highest BCUT2D eigenvalue weighted by atomic mass is 35.5. The van der Waals surface area contributed by atoms with E-state index in [1.165, 1.54) is 4.52 Å². The Labute approximate surface area is 232 Å². The lowest BCUT2D eigenvalue weighted by atomic mass is 10.1. The van der Waals surface area contributed by atoms with Gasteiger partial charge in [-0.05, 0) is 43.0 Å². The van der Waals surface area contributed by atoms with Crippen molar-refractivity contribution >= 4 is 40.2 Å². The van der Waals surface area contributed by atoms with Gasteiger partial charge < -0.3 is 24.8 Å². The number of piperazine rings is 1. The molecule has 2 aliphatic heterocycles. The second-order valence-electron chi connectivity index (χ2n) is 9.57. The molecule has 1 aromatic carbocycles. The van der Waals surface area contributed by atoms with Gasteiger partial charge >= 0.3 is 6.18 Å². The first kappa shape index (κ1) is 28.1. The van der Waals surface area contributed by atoms with Crippen LogP contribution in [0.5, 0.6) is 0 Å². The number of fused-ring (bicyclic) bond motifs is 1. The van der Waals surface area contributed by atoms with E-state index in [1.54, 1.807) is 4.57 Å². The number of nitrogens with zero attached hydrogens (tertiary/aromatic N) is 5. The van der Waals surface area contributed by atoms with Crippen molar-refractivity contribution in [1.29, 1.82) is 0 Å². The Kier molecular flexibility index (Phi) is 8.15. The van der Waals surface area contributed by atoms with Gasteiger partial charge in [-0.2, -0.15) is 22.7 Å². The minimum atomic E-state index is -4.56. The third-order valence-corrected chi connectivity index (χ3v) is 7.25. The van der Waals surface area contributed by atoms with Crippen LogP contribution in [-0.4, -0.2) is 64.5 Å². The summed E-state index contributed by atoms with van der Waals surface area (Å²) in [5, 5.41) is 10.2. The summed E-state index contributed by atoms with van der Waals surface area (Å²) in [5.74, 6) is 0.0531. The van der Waals surface area contributed by atoms with Crippen LogP contribution in [0.3, 0.4) is 0 Å². The van der Waals surface area contributed by atoms with Gasteiger partial charge in [0.2, 0.25) is 11.7 Å². The van der Waals surface area contributed by atoms with Gasteiger partial charge in [0.15, 0.2) is 5.82 Å². The van der Waals surface area contributed by atoms with Gasteiger partial charge in [0, 0.05) is 32.8 Å². The lowest BCUT2D eigenvalue weighted by Gasteiger charge is -2.31. The number of carbonyl (C=O) groups is 1. The number of rotatable bonds is 6. The van der Waals surface area contributed by atoms with Crippen LogP contribution < -0.4 is 21.1 Å². The highest BCUT2D eigenvalue weighted by molar-refractivity contribution is 6.33. The van der Waals surface area contributed by atoms with E-state index >= 15 is 0 Å². The van der Waals surface area contributed by atoms with Crippen molar-refractivity contribution < 1.29 is 22.7 Å². The summed E-state index contributed by atoms with van der Waals surface area (Å²) in [6, 6.07) is 2.74. The minimum Gasteiger partial charge on any atom is -0.377 e. The van der Waals surface area contributed by atoms with E-state index in [4.69, 9.17) is 16.3 Å². The number of aromatic nitrogens is 4. The highest BCUT2D eigenvalue weighted by Crippen LogP contribution is 2.34. The number of amides is 1. The largest absolute Gasteiger partial charge is 0.416 e. The maximum atomic E-state index is 13.8. The average molecular weight is 580 g/mol. The van der Waals surface area contributed by atoms with Gasteiger partial charge in [-0.25, -0.2) is 0 Å². The van der Waals surface area contributed by atoms with Crippen molar-refractivity contribution in [3.05, 3.63) is 56.7 Å². The second-order valence-corrected chi connectivity index (χ2v) is 9.98. The molecule has 2 aliphatic rings. The van der Waals surface area contributed by atoms with Crippen molar-refractivity contribution in [2.45, 2.75) is 38.9 Å². The molecular weight excluding hydrogens is 551 g/mol. The van der Waals surface area contributed by atoms with Crippen LogP contribution in [0, 0.1) is 0 Å². The van der Waals surface area contributed by atoms with Crippen molar-refractivity contribution in [3.8, 4) is 0 Å². The topological polar surface area (TPSA) is 106 Å². The molecule has 3 aromatic rings. The Balaban J connectivity index is 1.57. The van der Waals surface area contributed by atoms with Gasteiger partial charge in [-0.15, -0.1) is 5.10 Å². The predicted octanol–water partition coefficient (Wildman–Crippen LogP) is 3.37. The van der Waals surface area contributed by atoms with E-state index in [9.17, 15) is 22.8 Å². The minimum absolute atomic E-state index is 0.0443. The summed E-state index contributed by atoms with van der Waals surface area (Å²) in [6.45, 7) is 5.25. The third kappa shape index (κ3) is 5.72. The number of hydrogen-bond acceptors (Lipinski definition) is 7. The van der Waals surface area contributed by atoms with Crippen LogP contribution in [-0.2, 0) is 28.7 Å². The summed E-state index contributed by atoms with van der Waals surface area (Å²) in [7, 11) is 0. The molecule has 1 amide bonds. The Bertz CT molecular complexity index is 1510. The molecule has 0 radical (unpaired) electrons. The van der Waals surface area contributed by atoms with Gasteiger partial charge in [0.05, 0.1) is 28.6 Å². The molecule has 0 unspecified atom stereocenters. The number of nitrogens with one attached hydrogen (secondary N) is 2. The average Bonchev–Trinajstić information content (AvgIpc) is 3.19. The monoisotopic (exact) mass is 579 g/mol. The van der Waals surface area contributed by atoms with Crippen LogP contribution in [0.15, 0.2) is 29.1 Å². The Hall–Kier alpha value is -3.42. The van der Waals surface area contributed by atoms with E-state index in [1.807, 2.05) is 17.9 Å². The maximum Gasteiger partial charge on any atom is 0.416 e. The maximum absolute atomic E-state index is 13.8. The molecule has 5 rings (SSSR count).